The summed E-state index contributed by atoms with van der Waals surface area (Å²) in [5, 5.41) is 11.8. The van der Waals surface area contributed by atoms with Crippen LogP contribution in [0.15, 0.2) is 18.2 Å². The molecule has 21 heavy (non-hydrogen) atoms. The van der Waals surface area contributed by atoms with E-state index in [1.165, 1.54) is 6.07 Å². The molecule has 1 aromatic rings. The van der Waals surface area contributed by atoms with Crippen molar-refractivity contribution in [2.75, 3.05) is 38.5 Å². The average Bonchev–Trinajstić information content (AvgIpc) is 2.63. The number of benzene rings is 1. The number of hydrogen-bond acceptors (Lipinski definition) is 3. The van der Waals surface area contributed by atoms with E-state index >= 15 is 0 Å². The van der Waals surface area contributed by atoms with Gasteiger partial charge in [0.2, 0.25) is 0 Å². The number of rotatable bonds is 2. The van der Waals surface area contributed by atoms with E-state index in [2.05, 4.69) is 17.3 Å². The number of nitrogens with zero attached hydrogens (tertiary/aromatic N) is 2. The maximum Gasteiger partial charge on any atom is 0.335 e. The first-order valence-electron chi connectivity index (χ1n) is 7.06. The molecule has 0 radical (unpaired) electrons. The SMILES string of the molecule is Cc1cc(NC(=O)N2CCCN(C)CC2)ccc1C(=O)O. The van der Waals surface area contributed by atoms with Crippen molar-refractivity contribution >= 4 is 17.7 Å². The molecule has 1 fully saturated rings. The summed E-state index contributed by atoms with van der Waals surface area (Å²) in [5.41, 5.74) is 1.51. The number of amides is 2. The van der Waals surface area contributed by atoms with Gasteiger partial charge < -0.3 is 20.2 Å². The number of carbonyl (C=O) groups excluding carboxylic acids is 1. The van der Waals surface area contributed by atoms with Gasteiger partial charge in [-0.1, -0.05) is 0 Å². The molecule has 2 amide bonds. The topological polar surface area (TPSA) is 72.9 Å². The molecule has 1 saturated heterocycles. The van der Waals surface area contributed by atoms with Crippen molar-refractivity contribution in [2.45, 2.75) is 13.3 Å². The highest BCUT2D eigenvalue weighted by atomic mass is 16.4. The highest BCUT2D eigenvalue weighted by molar-refractivity contribution is 5.92. The van der Waals surface area contributed by atoms with Crippen LogP contribution in [0.4, 0.5) is 10.5 Å². The van der Waals surface area contributed by atoms with Gasteiger partial charge in [-0.05, 0) is 50.7 Å². The second-order valence-electron chi connectivity index (χ2n) is 5.41. The van der Waals surface area contributed by atoms with E-state index in [1.807, 2.05) is 0 Å². The highest BCUT2D eigenvalue weighted by Gasteiger charge is 2.17. The van der Waals surface area contributed by atoms with Crippen LogP contribution in [0, 0.1) is 6.92 Å². The van der Waals surface area contributed by atoms with Gasteiger partial charge in [0.15, 0.2) is 0 Å². The molecule has 2 N–H and O–H groups in total. The first-order valence-corrected chi connectivity index (χ1v) is 7.06. The zero-order valence-corrected chi connectivity index (χ0v) is 12.4. The van der Waals surface area contributed by atoms with E-state index in [0.717, 1.165) is 26.1 Å². The van der Waals surface area contributed by atoms with Gasteiger partial charge in [-0.2, -0.15) is 0 Å². The molecule has 1 aromatic carbocycles. The van der Waals surface area contributed by atoms with Crippen LogP contribution in [0.1, 0.15) is 22.3 Å². The Morgan fingerprint density at radius 1 is 1.19 bits per heavy atom. The van der Waals surface area contributed by atoms with Crippen molar-refractivity contribution in [3.05, 3.63) is 29.3 Å². The number of anilines is 1. The maximum absolute atomic E-state index is 12.2. The van der Waals surface area contributed by atoms with E-state index in [9.17, 15) is 9.59 Å². The predicted molar refractivity (Wildman–Crippen MR) is 80.8 cm³/mol. The Hall–Kier alpha value is -2.08. The van der Waals surface area contributed by atoms with Crippen LogP contribution in [0.5, 0.6) is 0 Å². The zero-order chi connectivity index (χ0) is 15.4. The third kappa shape index (κ3) is 3.95. The number of hydrogen-bond donors (Lipinski definition) is 2. The van der Waals surface area contributed by atoms with Gasteiger partial charge in [-0.25, -0.2) is 9.59 Å². The van der Waals surface area contributed by atoms with Gasteiger partial charge >= 0.3 is 12.0 Å². The minimum Gasteiger partial charge on any atom is -0.478 e. The first-order chi connectivity index (χ1) is 9.97. The molecule has 6 nitrogen and oxygen atoms in total. The molecule has 1 heterocycles. The number of carbonyl (C=O) groups is 2. The van der Waals surface area contributed by atoms with Crippen molar-refractivity contribution in [1.29, 1.82) is 0 Å². The summed E-state index contributed by atoms with van der Waals surface area (Å²) >= 11 is 0. The fourth-order valence-corrected chi connectivity index (χ4v) is 2.43. The number of carboxylic acid groups (broad SMARTS) is 1. The quantitative estimate of drug-likeness (QED) is 0.872. The molecule has 114 valence electrons. The molecule has 0 aliphatic carbocycles. The molecule has 1 aliphatic heterocycles. The van der Waals surface area contributed by atoms with E-state index in [1.54, 1.807) is 24.0 Å². The average molecular weight is 291 g/mol. The number of nitrogens with one attached hydrogen (secondary N) is 1. The third-order valence-electron chi connectivity index (χ3n) is 3.71. The Labute approximate surface area is 124 Å². The highest BCUT2D eigenvalue weighted by Crippen LogP contribution is 2.16. The summed E-state index contributed by atoms with van der Waals surface area (Å²) in [4.78, 5) is 27.2. The van der Waals surface area contributed by atoms with Gasteiger partial charge in [0.05, 0.1) is 5.56 Å². The number of urea groups is 1. The summed E-state index contributed by atoms with van der Waals surface area (Å²) in [6.45, 7) is 5.03. The molecular weight excluding hydrogens is 270 g/mol. The minimum absolute atomic E-state index is 0.132. The predicted octanol–water partition coefficient (Wildman–Crippen LogP) is 1.86. The van der Waals surface area contributed by atoms with Crippen molar-refractivity contribution in [3.63, 3.8) is 0 Å². The van der Waals surface area contributed by atoms with Crippen LogP contribution in [-0.4, -0.2) is 60.1 Å². The Morgan fingerprint density at radius 3 is 2.62 bits per heavy atom. The fourth-order valence-electron chi connectivity index (χ4n) is 2.43. The van der Waals surface area contributed by atoms with E-state index in [-0.39, 0.29) is 11.6 Å². The Morgan fingerprint density at radius 2 is 1.95 bits per heavy atom. The monoisotopic (exact) mass is 291 g/mol. The minimum atomic E-state index is -0.957. The molecule has 1 aliphatic rings. The molecule has 2 rings (SSSR count). The van der Waals surface area contributed by atoms with Gasteiger partial charge in [-0.3, -0.25) is 0 Å². The lowest BCUT2D eigenvalue weighted by Gasteiger charge is -2.21. The lowest BCUT2D eigenvalue weighted by Crippen LogP contribution is -2.37. The summed E-state index contributed by atoms with van der Waals surface area (Å²) < 4.78 is 0. The van der Waals surface area contributed by atoms with Crippen molar-refractivity contribution < 1.29 is 14.7 Å². The summed E-state index contributed by atoms with van der Waals surface area (Å²) in [6, 6.07) is 4.69. The van der Waals surface area contributed by atoms with E-state index < -0.39 is 5.97 Å². The van der Waals surface area contributed by atoms with Gasteiger partial charge in [0, 0.05) is 25.3 Å². The second kappa shape index (κ2) is 6.58. The second-order valence-corrected chi connectivity index (χ2v) is 5.41. The maximum atomic E-state index is 12.2. The third-order valence-corrected chi connectivity index (χ3v) is 3.71. The van der Waals surface area contributed by atoms with Crippen molar-refractivity contribution in [2.24, 2.45) is 0 Å². The number of aromatic carboxylic acids is 1. The van der Waals surface area contributed by atoms with Crippen molar-refractivity contribution in [3.8, 4) is 0 Å². The van der Waals surface area contributed by atoms with Crippen LogP contribution in [-0.2, 0) is 0 Å². The lowest BCUT2D eigenvalue weighted by molar-refractivity contribution is 0.0696. The molecule has 0 saturated carbocycles. The molecule has 6 heteroatoms. The first kappa shape index (κ1) is 15.3. The number of aryl methyl sites for hydroxylation is 1. The number of likely N-dealkylation sites (N-methyl/N-ethyl adjacent to an activating group) is 1. The molecule has 0 spiro atoms. The number of carboxylic acids is 1. The zero-order valence-electron chi connectivity index (χ0n) is 12.4. The van der Waals surface area contributed by atoms with E-state index in [0.29, 0.717) is 17.8 Å². The Bertz CT molecular complexity index is 545. The molecule has 0 unspecified atom stereocenters. The van der Waals surface area contributed by atoms with Crippen molar-refractivity contribution in [1.82, 2.24) is 9.80 Å². The molecule has 0 bridgehead atoms. The normalized spacial score (nSPS) is 16.4. The molecule has 0 atom stereocenters. The Balaban J connectivity index is 2.02. The van der Waals surface area contributed by atoms with Crippen LogP contribution < -0.4 is 5.32 Å². The van der Waals surface area contributed by atoms with Crippen LogP contribution in [0.3, 0.4) is 0 Å². The van der Waals surface area contributed by atoms with Crippen LogP contribution in [0.2, 0.25) is 0 Å². The summed E-state index contributed by atoms with van der Waals surface area (Å²) in [7, 11) is 2.05. The molecular formula is C15H21N3O3. The van der Waals surface area contributed by atoms with Gasteiger partial charge in [0.25, 0.3) is 0 Å². The van der Waals surface area contributed by atoms with Crippen LogP contribution >= 0.6 is 0 Å². The Kier molecular flexibility index (Phi) is 4.80. The lowest BCUT2D eigenvalue weighted by atomic mass is 10.1. The van der Waals surface area contributed by atoms with Crippen LogP contribution in [0.25, 0.3) is 0 Å². The van der Waals surface area contributed by atoms with Gasteiger partial charge in [-0.15, -0.1) is 0 Å². The standard InChI is InChI=1S/C15H21N3O3/c1-11-10-12(4-5-13(11)14(19)20)16-15(21)18-7-3-6-17(2)8-9-18/h4-5,10H,3,6-9H2,1-2H3,(H,16,21)(H,19,20). The summed E-state index contributed by atoms with van der Waals surface area (Å²) in [6.07, 6.45) is 0.959. The van der Waals surface area contributed by atoms with E-state index in [4.69, 9.17) is 5.11 Å². The smallest absolute Gasteiger partial charge is 0.335 e. The largest absolute Gasteiger partial charge is 0.478 e. The summed E-state index contributed by atoms with van der Waals surface area (Å²) in [5.74, 6) is -0.957. The molecule has 0 aromatic heterocycles. The fraction of sp³-hybridized carbons (Fsp3) is 0.467. The van der Waals surface area contributed by atoms with Gasteiger partial charge in [0.1, 0.15) is 0 Å².